The van der Waals surface area contributed by atoms with E-state index in [1.165, 1.54) is 17.0 Å². The number of Topliss-reactive ketones (excluding diaryl/α,β-unsaturated/α-hetero) is 1. The second-order valence-corrected chi connectivity index (χ2v) is 4.61. The second-order valence-electron chi connectivity index (χ2n) is 3.45. The van der Waals surface area contributed by atoms with Gasteiger partial charge in [-0.25, -0.2) is 4.98 Å². The van der Waals surface area contributed by atoms with Crippen molar-refractivity contribution in [3.63, 3.8) is 0 Å². The van der Waals surface area contributed by atoms with Gasteiger partial charge < -0.3 is 4.42 Å². The van der Waals surface area contributed by atoms with Crippen molar-refractivity contribution in [1.82, 2.24) is 9.55 Å². The molecule has 0 aliphatic heterocycles. The van der Waals surface area contributed by atoms with E-state index < -0.39 is 0 Å². The van der Waals surface area contributed by atoms with Crippen molar-refractivity contribution in [3.8, 4) is 0 Å². The van der Waals surface area contributed by atoms with Crippen molar-refractivity contribution in [2.75, 3.05) is 0 Å². The molecule has 0 spiro atoms. The Morgan fingerprint density at radius 1 is 1.59 bits per heavy atom. The number of ketones is 1. The summed E-state index contributed by atoms with van der Waals surface area (Å²) in [7, 11) is 0. The minimum absolute atomic E-state index is 0.0536. The molecule has 2 aromatic heterocycles. The predicted molar refractivity (Wildman–Crippen MR) is 69.0 cm³/mol. The van der Waals surface area contributed by atoms with Gasteiger partial charge in [0.25, 0.3) is 5.56 Å². The maximum absolute atomic E-state index is 11.8. The molecule has 0 atom stereocenters. The molecule has 2 aromatic rings. The molecule has 0 saturated carbocycles. The van der Waals surface area contributed by atoms with Crippen LogP contribution < -0.4 is 5.56 Å². The summed E-state index contributed by atoms with van der Waals surface area (Å²) in [4.78, 5) is 27.7. The third kappa shape index (κ3) is 2.46. The highest BCUT2D eigenvalue weighted by Gasteiger charge is 2.13. The summed E-state index contributed by atoms with van der Waals surface area (Å²) < 4.78 is 6.82. The number of furan rings is 1. The Kier molecular flexibility index (Phi) is 3.41. The number of hydrogen-bond donors (Lipinski definition) is 0. The van der Waals surface area contributed by atoms with Gasteiger partial charge in [0.05, 0.1) is 16.4 Å². The van der Waals surface area contributed by atoms with Crippen molar-refractivity contribution >= 4 is 28.4 Å². The molecule has 0 amide bonds. The maximum atomic E-state index is 11.8. The van der Waals surface area contributed by atoms with E-state index in [1.54, 1.807) is 19.1 Å². The molecule has 6 heteroatoms. The molecule has 0 N–H and O–H groups in total. The SMILES string of the molecule is Cc1ncc(I)c(=O)n1CC(=O)c1ccco1. The van der Waals surface area contributed by atoms with E-state index in [4.69, 9.17) is 4.42 Å². The van der Waals surface area contributed by atoms with E-state index >= 15 is 0 Å². The lowest BCUT2D eigenvalue weighted by Gasteiger charge is -2.07. The molecule has 0 fully saturated rings. The lowest BCUT2D eigenvalue weighted by molar-refractivity contribution is 0.0942. The van der Waals surface area contributed by atoms with E-state index in [-0.39, 0.29) is 23.6 Å². The molecular formula is C11H9IN2O3. The standard InChI is InChI=1S/C11H9IN2O3/c1-7-13-5-8(12)11(16)14(7)6-9(15)10-3-2-4-17-10/h2-5H,6H2,1H3. The second kappa shape index (κ2) is 4.82. The van der Waals surface area contributed by atoms with Gasteiger partial charge in [0, 0.05) is 6.20 Å². The fourth-order valence-electron chi connectivity index (χ4n) is 1.40. The fraction of sp³-hybridized carbons (Fsp3) is 0.182. The topological polar surface area (TPSA) is 65.1 Å². The van der Waals surface area contributed by atoms with E-state index in [2.05, 4.69) is 4.98 Å². The number of hydrogen-bond acceptors (Lipinski definition) is 4. The molecule has 0 unspecified atom stereocenters. The highest BCUT2D eigenvalue weighted by atomic mass is 127. The quantitative estimate of drug-likeness (QED) is 0.627. The normalized spacial score (nSPS) is 10.5. The molecule has 0 saturated heterocycles. The lowest BCUT2D eigenvalue weighted by Crippen LogP contribution is -2.28. The van der Waals surface area contributed by atoms with Gasteiger partial charge >= 0.3 is 0 Å². The first-order chi connectivity index (χ1) is 8.09. The van der Waals surface area contributed by atoms with Crippen molar-refractivity contribution < 1.29 is 9.21 Å². The average molecular weight is 344 g/mol. The zero-order valence-electron chi connectivity index (χ0n) is 9.01. The van der Waals surface area contributed by atoms with E-state index in [9.17, 15) is 9.59 Å². The Bertz CT molecular complexity index is 602. The molecule has 17 heavy (non-hydrogen) atoms. The molecule has 0 aliphatic carbocycles. The minimum Gasteiger partial charge on any atom is -0.461 e. The van der Waals surface area contributed by atoms with Gasteiger partial charge in [-0.2, -0.15) is 0 Å². The van der Waals surface area contributed by atoms with Crippen molar-refractivity contribution in [1.29, 1.82) is 0 Å². The number of aromatic nitrogens is 2. The largest absolute Gasteiger partial charge is 0.461 e. The number of carbonyl (C=O) groups is 1. The van der Waals surface area contributed by atoms with Crippen LogP contribution in [0.2, 0.25) is 0 Å². The number of halogens is 1. The van der Waals surface area contributed by atoms with Crippen LogP contribution >= 0.6 is 22.6 Å². The van der Waals surface area contributed by atoms with Crippen molar-refractivity contribution in [2.24, 2.45) is 0 Å². The summed E-state index contributed by atoms with van der Waals surface area (Å²) in [5.41, 5.74) is -0.210. The Morgan fingerprint density at radius 2 is 2.35 bits per heavy atom. The van der Waals surface area contributed by atoms with Crippen molar-refractivity contribution in [3.05, 3.63) is 50.1 Å². The Balaban J connectivity index is 2.34. The molecule has 0 bridgehead atoms. The van der Waals surface area contributed by atoms with Gasteiger partial charge in [-0.3, -0.25) is 14.2 Å². The lowest BCUT2D eigenvalue weighted by atomic mass is 10.3. The van der Waals surface area contributed by atoms with Gasteiger partial charge in [-0.05, 0) is 41.6 Å². The first kappa shape index (κ1) is 12.0. The van der Waals surface area contributed by atoms with Crippen LogP contribution in [0.4, 0.5) is 0 Å². The first-order valence-electron chi connectivity index (χ1n) is 4.88. The Labute approximate surface area is 111 Å². The molecule has 0 aliphatic rings. The summed E-state index contributed by atoms with van der Waals surface area (Å²) in [5, 5.41) is 0. The first-order valence-corrected chi connectivity index (χ1v) is 5.96. The van der Waals surface area contributed by atoms with Gasteiger partial charge in [0.15, 0.2) is 5.76 Å². The summed E-state index contributed by atoms with van der Waals surface area (Å²) in [6.45, 7) is 1.63. The van der Waals surface area contributed by atoms with E-state index in [0.717, 1.165) is 0 Å². The Morgan fingerprint density at radius 3 is 3.00 bits per heavy atom. The highest BCUT2D eigenvalue weighted by Crippen LogP contribution is 2.04. The van der Waals surface area contributed by atoms with Crippen LogP contribution in [-0.2, 0) is 6.54 Å². The zero-order valence-corrected chi connectivity index (χ0v) is 11.2. The fourth-order valence-corrected chi connectivity index (χ4v) is 1.83. The average Bonchev–Trinajstić information content (AvgIpc) is 2.83. The van der Waals surface area contributed by atoms with Gasteiger partial charge in [0.1, 0.15) is 5.82 Å². The molecule has 2 heterocycles. The minimum atomic E-state index is -0.246. The van der Waals surface area contributed by atoms with Crippen LogP contribution in [0.15, 0.2) is 33.8 Å². The Hall–Kier alpha value is -1.44. The van der Waals surface area contributed by atoms with E-state index in [0.29, 0.717) is 9.39 Å². The van der Waals surface area contributed by atoms with Gasteiger partial charge in [0.2, 0.25) is 5.78 Å². The molecule has 0 radical (unpaired) electrons. The summed E-state index contributed by atoms with van der Waals surface area (Å²) >= 11 is 1.90. The number of carbonyl (C=O) groups excluding carboxylic acids is 1. The van der Waals surface area contributed by atoms with Crippen LogP contribution in [0.3, 0.4) is 0 Å². The molecule has 88 valence electrons. The summed E-state index contributed by atoms with van der Waals surface area (Å²) in [6.07, 6.45) is 2.92. The van der Waals surface area contributed by atoms with Crippen LogP contribution in [0.1, 0.15) is 16.4 Å². The molecule has 0 aromatic carbocycles. The predicted octanol–water partition coefficient (Wildman–Crippen LogP) is 1.63. The summed E-state index contributed by atoms with van der Waals surface area (Å²) in [6, 6.07) is 3.21. The van der Waals surface area contributed by atoms with Gasteiger partial charge in [-0.1, -0.05) is 0 Å². The molecule has 2 rings (SSSR count). The maximum Gasteiger partial charge on any atom is 0.267 e. The monoisotopic (exact) mass is 344 g/mol. The van der Waals surface area contributed by atoms with Crippen molar-refractivity contribution in [2.45, 2.75) is 13.5 Å². The third-order valence-corrected chi connectivity index (χ3v) is 3.04. The zero-order chi connectivity index (χ0) is 12.4. The number of aryl methyl sites for hydroxylation is 1. The molecular weight excluding hydrogens is 335 g/mol. The number of rotatable bonds is 3. The number of nitrogens with zero attached hydrogens (tertiary/aromatic N) is 2. The van der Waals surface area contributed by atoms with Gasteiger partial charge in [-0.15, -0.1) is 0 Å². The molecule has 5 nitrogen and oxygen atoms in total. The van der Waals surface area contributed by atoms with Crippen LogP contribution in [0.25, 0.3) is 0 Å². The third-order valence-electron chi connectivity index (χ3n) is 2.30. The van der Waals surface area contributed by atoms with E-state index in [1.807, 2.05) is 22.6 Å². The van der Waals surface area contributed by atoms with Crippen LogP contribution in [-0.4, -0.2) is 15.3 Å². The summed E-state index contributed by atoms with van der Waals surface area (Å²) in [5.74, 6) is 0.509. The smallest absolute Gasteiger partial charge is 0.267 e. The highest BCUT2D eigenvalue weighted by molar-refractivity contribution is 14.1. The van der Waals surface area contributed by atoms with Crippen LogP contribution in [0, 0.1) is 10.5 Å². The van der Waals surface area contributed by atoms with Crippen LogP contribution in [0.5, 0.6) is 0 Å².